The number of nitrogens with one attached hydrogen (secondary N) is 4. The maximum atomic E-state index is 13.3. The van der Waals surface area contributed by atoms with Crippen molar-refractivity contribution in [2.45, 2.75) is 51.1 Å². The number of hydrogen-bond acceptors (Lipinski definition) is 5. The Hall–Kier alpha value is -3.23. The minimum atomic E-state index is -0.196. The lowest BCUT2D eigenvalue weighted by Crippen LogP contribution is -2.55. The molecule has 2 saturated heterocycles. The van der Waals surface area contributed by atoms with Gasteiger partial charge in [-0.25, -0.2) is 5.43 Å². The number of amides is 2. The monoisotopic (exact) mass is 486 g/mol. The van der Waals surface area contributed by atoms with Crippen LogP contribution in [-0.2, 0) is 11.3 Å². The summed E-state index contributed by atoms with van der Waals surface area (Å²) in [5.41, 5.74) is 9.43. The van der Waals surface area contributed by atoms with E-state index in [1.165, 1.54) is 6.42 Å². The second kappa shape index (κ2) is 10.0. The predicted octanol–water partition coefficient (Wildman–Crippen LogP) is 3.77. The van der Waals surface area contributed by atoms with Crippen molar-refractivity contribution in [1.82, 2.24) is 25.9 Å². The minimum absolute atomic E-state index is 0.0812. The van der Waals surface area contributed by atoms with E-state index in [1.807, 2.05) is 53.2 Å². The van der Waals surface area contributed by atoms with Crippen LogP contribution >= 0.6 is 0 Å². The van der Waals surface area contributed by atoms with Crippen LogP contribution in [0.3, 0.4) is 0 Å². The van der Waals surface area contributed by atoms with Gasteiger partial charge in [0.25, 0.3) is 5.91 Å². The van der Waals surface area contributed by atoms with Crippen LogP contribution in [0.15, 0.2) is 48.5 Å². The van der Waals surface area contributed by atoms with Gasteiger partial charge in [-0.1, -0.05) is 43.2 Å². The van der Waals surface area contributed by atoms with E-state index in [0.717, 1.165) is 73.9 Å². The smallest absolute Gasteiger partial charge is 0.276 e. The third-order valence-electron chi connectivity index (χ3n) is 8.23. The van der Waals surface area contributed by atoms with Crippen molar-refractivity contribution in [3.8, 4) is 0 Å². The fraction of sp³-hybridized carbons (Fsp3) is 0.464. The first-order chi connectivity index (χ1) is 17.7. The molecule has 0 radical (unpaired) electrons. The van der Waals surface area contributed by atoms with Gasteiger partial charge in [-0.05, 0) is 74.4 Å². The number of nitrogens with zero attached hydrogens (tertiary/aromatic N) is 2. The molecule has 4 N–H and O–H groups in total. The highest BCUT2D eigenvalue weighted by atomic mass is 16.2. The number of hydrogen-bond donors (Lipinski definition) is 4. The fourth-order valence-electron chi connectivity index (χ4n) is 6.27. The Balaban J connectivity index is 1.18. The zero-order valence-corrected chi connectivity index (χ0v) is 20.5. The number of carbonyl (C=O) groups excluding carboxylic acids is 2. The molecule has 0 spiro atoms. The molecule has 3 fully saturated rings. The van der Waals surface area contributed by atoms with Crippen LogP contribution in [0, 0.1) is 17.8 Å². The lowest BCUT2D eigenvalue weighted by Gasteiger charge is -2.41. The number of piperidine rings is 1. The number of fused-ring (bicyclic) bond motifs is 2. The predicted molar refractivity (Wildman–Crippen MR) is 139 cm³/mol. The average Bonchev–Trinajstić information content (AvgIpc) is 3.29. The number of anilines is 1. The Kier molecular flexibility index (Phi) is 6.46. The van der Waals surface area contributed by atoms with Crippen LogP contribution in [0.1, 0.15) is 60.6 Å². The number of para-hydroxylation sites is 1. The lowest BCUT2D eigenvalue weighted by molar-refractivity contribution is -0.133. The summed E-state index contributed by atoms with van der Waals surface area (Å²) < 4.78 is 2.01. The molecule has 2 aromatic carbocycles. The molecule has 1 saturated carbocycles. The van der Waals surface area contributed by atoms with Gasteiger partial charge in [-0.15, -0.1) is 0 Å². The van der Waals surface area contributed by atoms with Crippen LogP contribution in [-0.4, -0.2) is 34.7 Å². The summed E-state index contributed by atoms with van der Waals surface area (Å²) in [4.78, 5) is 25.6. The molecule has 3 aliphatic rings. The Bertz CT molecular complexity index is 1250. The molecule has 8 nitrogen and oxygen atoms in total. The topological polar surface area (TPSA) is 100 Å². The molecule has 1 aromatic heterocycles. The van der Waals surface area contributed by atoms with E-state index in [2.05, 4.69) is 21.5 Å². The maximum Gasteiger partial charge on any atom is 0.276 e. The Morgan fingerprint density at radius 2 is 1.78 bits per heavy atom. The van der Waals surface area contributed by atoms with Crippen molar-refractivity contribution < 1.29 is 9.59 Å². The van der Waals surface area contributed by atoms with Crippen LogP contribution in [0.4, 0.5) is 5.69 Å². The highest BCUT2D eigenvalue weighted by Crippen LogP contribution is 2.40. The molecule has 6 rings (SSSR count). The molecule has 1 aliphatic carbocycles. The van der Waals surface area contributed by atoms with Crippen molar-refractivity contribution in [3.05, 3.63) is 59.8 Å². The van der Waals surface area contributed by atoms with Crippen LogP contribution in [0.5, 0.6) is 0 Å². The number of rotatable bonds is 5. The summed E-state index contributed by atoms with van der Waals surface area (Å²) in [5.74, 6) is 0.880. The van der Waals surface area contributed by atoms with Gasteiger partial charge in [0.1, 0.15) is 0 Å². The Morgan fingerprint density at radius 1 is 1.00 bits per heavy atom. The summed E-state index contributed by atoms with van der Waals surface area (Å²) in [5, 5.41) is 12.1. The number of carbonyl (C=O) groups is 2. The van der Waals surface area contributed by atoms with Gasteiger partial charge >= 0.3 is 0 Å². The van der Waals surface area contributed by atoms with Gasteiger partial charge in [-0.2, -0.15) is 5.10 Å². The number of hydrazine groups is 1. The van der Waals surface area contributed by atoms with E-state index in [1.54, 1.807) is 0 Å². The molecule has 36 heavy (non-hydrogen) atoms. The second-order valence-corrected chi connectivity index (χ2v) is 10.5. The Morgan fingerprint density at radius 3 is 2.61 bits per heavy atom. The van der Waals surface area contributed by atoms with E-state index in [-0.39, 0.29) is 23.8 Å². The summed E-state index contributed by atoms with van der Waals surface area (Å²) in [6.07, 6.45) is 6.56. The van der Waals surface area contributed by atoms with Crippen molar-refractivity contribution in [2.24, 2.45) is 17.8 Å². The Labute approximate surface area is 211 Å². The summed E-state index contributed by atoms with van der Waals surface area (Å²) in [6, 6.07) is 16.0. The third-order valence-corrected chi connectivity index (χ3v) is 8.23. The van der Waals surface area contributed by atoms with Crippen molar-refractivity contribution in [2.75, 3.05) is 18.4 Å². The molecule has 8 heteroatoms. The van der Waals surface area contributed by atoms with E-state index < -0.39 is 0 Å². The molecular weight excluding hydrogens is 452 g/mol. The molecule has 3 atom stereocenters. The quantitative estimate of drug-likeness (QED) is 0.440. The van der Waals surface area contributed by atoms with Gasteiger partial charge in [0.05, 0.1) is 11.6 Å². The standard InChI is InChI=1S/C28H34N6O2/c35-27-22-6-2-1-5-21(22)25(31-32-27)19-9-11-20(12-10-19)30-28(36)26-23-7-3-4-8-24(23)34(33-26)17-18-13-15-29-16-14-18/h3-4,7-12,18,21-22,25,29,31H,1-2,5-6,13-17H2,(H,30,36)(H,32,35). The fourth-order valence-corrected chi connectivity index (χ4v) is 6.27. The summed E-state index contributed by atoms with van der Waals surface area (Å²) in [7, 11) is 0. The maximum absolute atomic E-state index is 13.3. The van der Waals surface area contributed by atoms with Crippen molar-refractivity contribution >= 4 is 28.4 Å². The third kappa shape index (κ3) is 4.51. The first-order valence-electron chi connectivity index (χ1n) is 13.3. The minimum Gasteiger partial charge on any atom is -0.321 e. The molecule has 2 amide bonds. The van der Waals surface area contributed by atoms with Crippen LogP contribution in [0.2, 0.25) is 0 Å². The largest absolute Gasteiger partial charge is 0.321 e. The summed E-state index contributed by atoms with van der Waals surface area (Å²) >= 11 is 0. The number of benzene rings is 2. The molecule has 3 aromatic rings. The van der Waals surface area contributed by atoms with E-state index >= 15 is 0 Å². The van der Waals surface area contributed by atoms with Gasteiger partial charge in [-0.3, -0.25) is 19.7 Å². The van der Waals surface area contributed by atoms with Gasteiger partial charge in [0.15, 0.2) is 5.69 Å². The molecule has 2 aliphatic heterocycles. The van der Waals surface area contributed by atoms with E-state index in [4.69, 9.17) is 5.10 Å². The first-order valence-corrected chi connectivity index (χ1v) is 13.3. The molecule has 3 unspecified atom stereocenters. The van der Waals surface area contributed by atoms with E-state index in [0.29, 0.717) is 17.5 Å². The van der Waals surface area contributed by atoms with Crippen LogP contribution < -0.4 is 21.5 Å². The van der Waals surface area contributed by atoms with Crippen molar-refractivity contribution in [1.29, 1.82) is 0 Å². The van der Waals surface area contributed by atoms with Crippen molar-refractivity contribution in [3.63, 3.8) is 0 Å². The highest BCUT2D eigenvalue weighted by Gasteiger charge is 2.40. The normalized spacial score (nSPS) is 24.8. The molecule has 3 heterocycles. The van der Waals surface area contributed by atoms with E-state index in [9.17, 15) is 9.59 Å². The van der Waals surface area contributed by atoms with Gasteiger partial charge in [0, 0.05) is 23.5 Å². The van der Waals surface area contributed by atoms with Gasteiger partial charge in [0.2, 0.25) is 5.91 Å². The number of aromatic nitrogens is 2. The van der Waals surface area contributed by atoms with Crippen LogP contribution in [0.25, 0.3) is 10.9 Å². The SMILES string of the molecule is O=C(Nc1ccc(C2NNC(=O)C3CCCCC32)cc1)c1nn(CC2CCNCC2)c2ccccc12. The summed E-state index contributed by atoms with van der Waals surface area (Å²) in [6.45, 7) is 2.91. The first kappa shape index (κ1) is 23.2. The molecule has 188 valence electrons. The molecular formula is C28H34N6O2. The van der Waals surface area contributed by atoms with Gasteiger partial charge < -0.3 is 10.6 Å². The second-order valence-electron chi connectivity index (χ2n) is 10.5. The molecule has 0 bridgehead atoms. The zero-order chi connectivity index (χ0) is 24.5. The highest BCUT2D eigenvalue weighted by molar-refractivity contribution is 6.11. The lowest BCUT2D eigenvalue weighted by atomic mass is 9.72. The zero-order valence-electron chi connectivity index (χ0n) is 20.5. The average molecular weight is 487 g/mol.